The minimum absolute atomic E-state index is 0.0321. The fraction of sp³-hybridized carbons (Fsp3) is 0.538. The Hall–Kier alpha value is -2.51. The summed E-state index contributed by atoms with van der Waals surface area (Å²) >= 11 is 6.34. The molecule has 1 aliphatic carbocycles. The number of nitrogens with one attached hydrogen (secondary N) is 1. The van der Waals surface area contributed by atoms with Crippen LogP contribution in [0.4, 0.5) is 0 Å². The van der Waals surface area contributed by atoms with Crippen molar-refractivity contribution >= 4 is 23.4 Å². The van der Waals surface area contributed by atoms with Crippen LogP contribution < -0.4 is 10.1 Å². The number of esters is 1. The average Bonchev–Trinajstić information content (AvgIpc) is 3.27. The van der Waals surface area contributed by atoms with Crippen molar-refractivity contribution in [3.63, 3.8) is 0 Å². The van der Waals surface area contributed by atoms with Crippen LogP contribution in [-0.4, -0.2) is 42.8 Å². The van der Waals surface area contributed by atoms with E-state index in [0.717, 1.165) is 18.5 Å². The number of Topliss-reactive ketones (excluding diaryl/α,β-unsaturated/α-hetero) is 1. The van der Waals surface area contributed by atoms with Gasteiger partial charge < -0.3 is 24.6 Å². The van der Waals surface area contributed by atoms with Crippen LogP contribution in [0.1, 0.15) is 57.9 Å². The molecule has 1 aromatic carbocycles. The molecule has 2 heterocycles. The summed E-state index contributed by atoms with van der Waals surface area (Å²) in [5, 5.41) is 13.7. The molecule has 1 aromatic rings. The van der Waals surface area contributed by atoms with Gasteiger partial charge in [0.25, 0.3) is 0 Å². The first kappa shape index (κ1) is 24.6. The Morgan fingerprint density at radius 3 is 2.79 bits per heavy atom. The topological polar surface area (TPSA) is 94.1 Å². The van der Waals surface area contributed by atoms with E-state index >= 15 is 0 Å². The Morgan fingerprint density at radius 1 is 1.35 bits per heavy atom. The molecule has 7 nitrogen and oxygen atoms in total. The fourth-order valence-corrected chi connectivity index (χ4v) is 5.38. The van der Waals surface area contributed by atoms with Crippen molar-refractivity contribution in [2.75, 3.05) is 19.8 Å². The number of halogens is 1. The van der Waals surface area contributed by atoms with Crippen molar-refractivity contribution in [2.45, 2.75) is 58.5 Å². The molecule has 2 N–H and O–H groups in total. The average molecular weight is 490 g/mol. The first-order valence-corrected chi connectivity index (χ1v) is 12.1. The predicted molar refractivity (Wildman–Crippen MR) is 128 cm³/mol. The van der Waals surface area contributed by atoms with E-state index in [9.17, 15) is 14.7 Å². The molecule has 8 heteroatoms. The van der Waals surface area contributed by atoms with Gasteiger partial charge in [0.15, 0.2) is 17.3 Å². The largest absolute Gasteiger partial charge is 0.503 e. The van der Waals surface area contributed by atoms with E-state index in [1.807, 2.05) is 13.8 Å². The van der Waals surface area contributed by atoms with E-state index in [2.05, 4.69) is 11.9 Å². The van der Waals surface area contributed by atoms with E-state index in [0.29, 0.717) is 42.9 Å². The lowest BCUT2D eigenvalue weighted by molar-refractivity contribution is -0.151. The zero-order valence-electron chi connectivity index (χ0n) is 19.9. The van der Waals surface area contributed by atoms with Crippen LogP contribution in [0.2, 0.25) is 5.02 Å². The minimum Gasteiger partial charge on any atom is -0.503 e. The highest BCUT2D eigenvalue weighted by molar-refractivity contribution is 6.32. The maximum Gasteiger partial charge on any atom is 0.315 e. The van der Waals surface area contributed by atoms with Gasteiger partial charge in [-0.2, -0.15) is 0 Å². The van der Waals surface area contributed by atoms with E-state index in [1.165, 1.54) is 0 Å². The van der Waals surface area contributed by atoms with Gasteiger partial charge in [0.05, 0.1) is 17.7 Å². The highest BCUT2D eigenvalue weighted by atomic mass is 35.5. The van der Waals surface area contributed by atoms with E-state index < -0.39 is 17.8 Å². The quantitative estimate of drug-likeness (QED) is 0.563. The summed E-state index contributed by atoms with van der Waals surface area (Å²) in [4.78, 5) is 26.8. The van der Waals surface area contributed by atoms with Gasteiger partial charge in [-0.1, -0.05) is 32.0 Å². The summed E-state index contributed by atoms with van der Waals surface area (Å²) in [6, 6.07) is 3.23. The number of benzene rings is 1. The molecular weight excluding hydrogens is 458 g/mol. The van der Waals surface area contributed by atoms with Gasteiger partial charge in [0.2, 0.25) is 0 Å². The number of hydrogen-bond donors (Lipinski definition) is 2. The highest BCUT2D eigenvalue weighted by Gasteiger charge is 2.47. The van der Waals surface area contributed by atoms with Crippen LogP contribution in [-0.2, 0) is 19.1 Å². The van der Waals surface area contributed by atoms with Crippen molar-refractivity contribution < 1.29 is 28.9 Å². The summed E-state index contributed by atoms with van der Waals surface area (Å²) in [6.45, 7) is 11.2. The van der Waals surface area contributed by atoms with Crippen LogP contribution in [0.5, 0.6) is 11.5 Å². The third-order valence-electron chi connectivity index (χ3n) is 6.65. The number of phenols is 1. The lowest BCUT2D eigenvalue weighted by Gasteiger charge is -2.42. The summed E-state index contributed by atoms with van der Waals surface area (Å²) in [7, 11) is 0. The molecule has 1 saturated heterocycles. The molecule has 184 valence electrons. The van der Waals surface area contributed by atoms with Gasteiger partial charge in [0.1, 0.15) is 12.5 Å². The number of phenolic OH excluding ortho intramolecular Hbond substituents is 1. The molecule has 34 heavy (non-hydrogen) atoms. The number of ketones is 1. The predicted octanol–water partition coefficient (Wildman–Crippen LogP) is 4.63. The Balaban J connectivity index is 1.78. The molecule has 3 atom stereocenters. The second kappa shape index (κ2) is 9.62. The van der Waals surface area contributed by atoms with E-state index in [-0.39, 0.29) is 40.4 Å². The molecular formula is C26H32ClNO6. The SMILES string of the molecule is C=C1NC2=C(C(=O)CC(C)(C)C2)C(c2cc(Cl)c(O)c(OCC)c2)C1C(=O)OCC1CCCO1. The lowest BCUT2D eigenvalue weighted by Crippen LogP contribution is -2.44. The number of ether oxygens (including phenoxy) is 3. The van der Waals surface area contributed by atoms with Crippen LogP contribution in [0.3, 0.4) is 0 Å². The molecule has 0 aromatic heterocycles. The number of hydrogen-bond acceptors (Lipinski definition) is 7. The number of allylic oxidation sites excluding steroid dienone is 2. The van der Waals surface area contributed by atoms with Crippen molar-refractivity contribution in [3.8, 4) is 11.5 Å². The molecule has 3 aliphatic rings. The molecule has 0 bridgehead atoms. The van der Waals surface area contributed by atoms with Crippen molar-refractivity contribution in [1.29, 1.82) is 0 Å². The second-order valence-corrected chi connectivity index (χ2v) is 10.4. The maximum absolute atomic E-state index is 13.4. The van der Waals surface area contributed by atoms with Gasteiger partial charge in [-0.05, 0) is 49.3 Å². The van der Waals surface area contributed by atoms with Crippen molar-refractivity contribution in [3.05, 3.63) is 46.3 Å². The number of rotatable bonds is 6. The molecule has 4 rings (SSSR count). The summed E-state index contributed by atoms with van der Waals surface area (Å²) < 4.78 is 16.8. The monoisotopic (exact) mass is 489 g/mol. The Kier molecular flexibility index (Phi) is 6.97. The first-order chi connectivity index (χ1) is 16.1. The summed E-state index contributed by atoms with van der Waals surface area (Å²) in [6.07, 6.45) is 2.67. The Morgan fingerprint density at radius 2 is 2.12 bits per heavy atom. The molecule has 2 aliphatic heterocycles. The zero-order chi connectivity index (χ0) is 24.6. The third-order valence-corrected chi connectivity index (χ3v) is 6.94. The molecule has 0 radical (unpaired) electrons. The van der Waals surface area contributed by atoms with Crippen LogP contribution in [0.15, 0.2) is 35.7 Å². The molecule has 3 unspecified atom stereocenters. The van der Waals surface area contributed by atoms with Gasteiger partial charge in [-0.3, -0.25) is 9.59 Å². The normalized spacial score (nSPS) is 26.2. The third kappa shape index (κ3) is 4.82. The number of carbonyl (C=O) groups excluding carboxylic acids is 2. The van der Waals surface area contributed by atoms with Crippen molar-refractivity contribution in [2.24, 2.45) is 11.3 Å². The van der Waals surface area contributed by atoms with Gasteiger partial charge in [-0.15, -0.1) is 0 Å². The van der Waals surface area contributed by atoms with Crippen LogP contribution in [0.25, 0.3) is 0 Å². The van der Waals surface area contributed by atoms with Crippen LogP contribution in [0, 0.1) is 11.3 Å². The second-order valence-electron chi connectivity index (χ2n) is 9.99. The number of carbonyl (C=O) groups is 2. The smallest absolute Gasteiger partial charge is 0.315 e. The molecule has 0 amide bonds. The highest BCUT2D eigenvalue weighted by Crippen LogP contribution is 2.50. The molecule has 1 fully saturated rings. The minimum atomic E-state index is -0.847. The lowest BCUT2D eigenvalue weighted by atomic mass is 9.66. The van der Waals surface area contributed by atoms with E-state index in [4.69, 9.17) is 25.8 Å². The van der Waals surface area contributed by atoms with Crippen LogP contribution >= 0.6 is 11.6 Å². The van der Waals surface area contributed by atoms with Gasteiger partial charge >= 0.3 is 5.97 Å². The fourth-order valence-electron chi connectivity index (χ4n) is 5.16. The van der Waals surface area contributed by atoms with Crippen molar-refractivity contribution in [1.82, 2.24) is 5.32 Å². The first-order valence-electron chi connectivity index (χ1n) is 11.8. The summed E-state index contributed by atoms with van der Waals surface area (Å²) in [5.41, 5.74) is 2.14. The summed E-state index contributed by atoms with van der Waals surface area (Å²) in [5.74, 6) is -2.00. The zero-order valence-corrected chi connectivity index (χ0v) is 20.7. The van der Waals surface area contributed by atoms with Gasteiger partial charge in [-0.25, -0.2) is 0 Å². The van der Waals surface area contributed by atoms with E-state index in [1.54, 1.807) is 19.1 Å². The molecule has 0 saturated carbocycles. The standard InChI is InChI=1S/C26H32ClNO6/c1-5-32-20-10-15(9-17(27)24(20)30)22-21(25(31)34-13-16-7-6-8-33-16)14(2)28-18-11-26(3,4)12-19(29)23(18)22/h9-10,16,21-22,28,30H,2,5-8,11-13H2,1,3-4H3. The Bertz CT molecular complexity index is 1040. The maximum atomic E-state index is 13.4. The number of aromatic hydroxyl groups is 1. The van der Waals surface area contributed by atoms with Gasteiger partial charge in [0, 0.05) is 35.9 Å². The molecule has 0 spiro atoms. The Labute approximate surface area is 205 Å².